The van der Waals surface area contributed by atoms with Crippen LogP contribution in [0, 0.1) is 5.41 Å². The van der Waals surface area contributed by atoms with E-state index in [4.69, 9.17) is 0 Å². The van der Waals surface area contributed by atoms with Crippen molar-refractivity contribution in [3.63, 3.8) is 0 Å². The van der Waals surface area contributed by atoms with Crippen molar-refractivity contribution in [3.05, 3.63) is 53.6 Å². The summed E-state index contributed by atoms with van der Waals surface area (Å²) >= 11 is 0. The third-order valence-corrected chi connectivity index (χ3v) is 4.63. The molecule has 5 heteroatoms. The van der Waals surface area contributed by atoms with Gasteiger partial charge in [0, 0.05) is 36.5 Å². The van der Waals surface area contributed by atoms with E-state index in [1.807, 2.05) is 22.9 Å². The molecule has 1 N–H and O–H groups in total. The van der Waals surface area contributed by atoms with Gasteiger partial charge in [-0.25, -0.2) is 4.98 Å². The summed E-state index contributed by atoms with van der Waals surface area (Å²) in [5.41, 5.74) is 2.10. The minimum atomic E-state index is -0.110. The van der Waals surface area contributed by atoms with Crippen LogP contribution < -0.4 is 5.32 Å². The van der Waals surface area contributed by atoms with Gasteiger partial charge in [0.05, 0.1) is 12.4 Å². The van der Waals surface area contributed by atoms with Crippen LogP contribution >= 0.6 is 0 Å². The van der Waals surface area contributed by atoms with Crippen molar-refractivity contribution in [2.45, 2.75) is 46.2 Å². The lowest BCUT2D eigenvalue weighted by Crippen LogP contribution is -2.46. The van der Waals surface area contributed by atoms with E-state index in [2.05, 4.69) is 31.1 Å². The van der Waals surface area contributed by atoms with Crippen LogP contribution in [0.4, 0.5) is 0 Å². The minimum Gasteiger partial charge on any atom is -0.347 e. The number of nitrogens with one attached hydrogen (secondary N) is 1. The Bertz CT molecular complexity index is 757. The minimum absolute atomic E-state index is 0.0489. The van der Waals surface area contributed by atoms with Crippen LogP contribution in [0.1, 0.15) is 53.5 Å². The summed E-state index contributed by atoms with van der Waals surface area (Å²) < 4.78 is 1.97. The zero-order chi connectivity index (χ0) is 17.3. The topological polar surface area (TPSA) is 64.0 Å². The Morgan fingerprint density at radius 3 is 2.79 bits per heavy atom. The summed E-state index contributed by atoms with van der Waals surface area (Å²) in [5.74, 6) is 0.0204. The van der Waals surface area contributed by atoms with Gasteiger partial charge in [-0.2, -0.15) is 0 Å². The van der Waals surface area contributed by atoms with Crippen LogP contribution in [0.5, 0.6) is 0 Å². The largest absolute Gasteiger partial charge is 0.347 e. The van der Waals surface area contributed by atoms with Crippen LogP contribution in [0.2, 0.25) is 0 Å². The number of amides is 1. The predicted molar refractivity (Wildman–Crippen MR) is 92.0 cm³/mol. The van der Waals surface area contributed by atoms with Crippen molar-refractivity contribution >= 4 is 11.7 Å². The molecular weight excluding hydrogens is 302 g/mol. The average Bonchev–Trinajstić information content (AvgIpc) is 3.16. The lowest BCUT2D eigenvalue weighted by atomic mass is 9.86. The summed E-state index contributed by atoms with van der Waals surface area (Å²) in [6.45, 7) is 6.97. The fourth-order valence-corrected chi connectivity index (χ4v) is 3.08. The molecule has 0 radical (unpaired) electrons. The molecule has 0 spiro atoms. The SMILES string of the molecule is CC(C)(C)C(Cn1ccnc1)NC(=O)c1cccc2c1CCC2=O. The second kappa shape index (κ2) is 6.23. The van der Waals surface area contributed by atoms with Crippen LogP contribution in [0.3, 0.4) is 0 Å². The normalized spacial score (nSPS) is 15.2. The van der Waals surface area contributed by atoms with Gasteiger partial charge in [0.1, 0.15) is 0 Å². The number of fused-ring (bicyclic) bond motifs is 1. The second-order valence-corrected chi connectivity index (χ2v) is 7.41. The highest BCUT2D eigenvalue weighted by Gasteiger charge is 2.29. The molecule has 1 heterocycles. The number of aromatic nitrogens is 2. The standard InChI is InChI=1S/C19H23N3O2/c1-19(2,3)17(11-22-10-9-20-12-22)21-18(24)15-6-4-5-14-13(15)7-8-16(14)23/h4-6,9-10,12,17H,7-8,11H2,1-3H3,(H,21,24). The van der Waals surface area contributed by atoms with Gasteiger partial charge < -0.3 is 9.88 Å². The van der Waals surface area contributed by atoms with E-state index in [9.17, 15) is 9.59 Å². The molecule has 1 aromatic carbocycles. The van der Waals surface area contributed by atoms with Gasteiger partial charge >= 0.3 is 0 Å². The number of benzene rings is 1. The Kier molecular flexibility index (Phi) is 4.26. The zero-order valence-electron chi connectivity index (χ0n) is 14.4. The highest BCUT2D eigenvalue weighted by molar-refractivity contribution is 6.05. The fraction of sp³-hybridized carbons (Fsp3) is 0.421. The molecule has 0 fully saturated rings. The number of nitrogens with zero attached hydrogens (tertiary/aromatic N) is 2. The average molecular weight is 325 g/mol. The maximum atomic E-state index is 12.8. The van der Waals surface area contributed by atoms with Gasteiger partial charge in [0.25, 0.3) is 5.91 Å². The van der Waals surface area contributed by atoms with Crippen molar-refractivity contribution in [3.8, 4) is 0 Å². The molecule has 0 bridgehead atoms. The summed E-state index contributed by atoms with van der Waals surface area (Å²) in [7, 11) is 0. The molecule has 0 saturated carbocycles. The first-order valence-electron chi connectivity index (χ1n) is 8.28. The quantitative estimate of drug-likeness (QED) is 0.940. The number of hydrogen-bond donors (Lipinski definition) is 1. The Morgan fingerprint density at radius 1 is 1.33 bits per heavy atom. The molecule has 2 aromatic rings. The van der Waals surface area contributed by atoms with E-state index >= 15 is 0 Å². The lowest BCUT2D eigenvalue weighted by molar-refractivity contribution is 0.0891. The summed E-state index contributed by atoms with van der Waals surface area (Å²) in [6.07, 6.45) is 6.53. The van der Waals surface area contributed by atoms with E-state index in [0.29, 0.717) is 30.5 Å². The maximum absolute atomic E-state index is 12.8. The number of Topliss-reactive ketones (excluding diaryl/α,β-unsaturated/α-hetero) is 1. The summed E-state index contributed by atoms with van der Waals surface area (Å²) in [5, 5.41) is 3.16. The molecule has 1 amide bonds. The van der Waals surface area contributed by atoms with Gasteiger partial charge in [-0.05, 0) is 23.5 Å². The van der Waals surface area contributed by atoms with Gasteiger partial charge in [-0.3, -0.25) is 9.59 Å². The van der Waals surface area contributed by atoms with Gasteiger partial charge in [-0.1, -0.05) is 32.9 Å². The molecule has 1 aromatic heterocycles. The van der Waals surface area contributed by atoms with Gasteiger partial charge in [-0.15, -0.1) is 0 Å². The van der Waals surface area contributed by atoms with Crippen molar-refractivity contribution < 1.29 is 9.59 Å². The van der Waals surface area contributed by atoms with Crippen molar-refractivity contribution in [2.75, 3.05) is 0 Å². The third kappa shape index (κ3) is 3.25. The molecule has 1 aliphatic rings. The Balaban J connectivity index is 1.83. The molecule has 1 aliphatic carbocycles. The molecule has 5 nitrogen and oxygen atoms in total. The van der Waals surface area contributed by atoms with Crippen molar-refractivity contribution in [1.82, 2.24) is 14.9 Å². The number of rotatable bonds is 4. The molecule has 1 atom stereocenters. The molecule has 0 aliphatic heterocycles. The molecule has 3 rings (SSSR count). The van der Waals surface area contributed by atoms with E-state index < -0.39 is 0 Å². The van der Waals surface area contributed by atoms with E-state index in [0.717, 1.165) is 5.56 Å². The van der Waals surface area contributed by atoms with E-state index in [1.165, 1.54) is 0 Å². The fourth-order valence-electron chi connectivity index (χ4n) is 3.08. The maximum Gasteiger partial charge on any atom is 0.251 e. The second-order valence-electron chi connectivity index (χ2n) is 7.41. The molecule has 24 heavy (non-hydrogen) atoms. The Hall–Kier alpha value is -2.43. The molecule has 126 valence electrons. The van der Waals surface area contributed by atoms with Crippen LogP contribution in [0.25, 0.3) is 0 Å². The van der Waals surface area contributed by atoms with Crippen LogP contribution in [-0.2, 0) is 13.0 Å². The monoisotopic (exact) mass is 325 g/mol. The Morgan fingerprint density at radius 2 is 2.12 bits per heavy atom. The lowest BCUT2D eigenvalue weighted by Gasteiger charge is -2.32. The number of carbonyl (C=O) groups excluding carboxylic acids is 2. The van der Waals surface area contributed by atoms with Crippen molar-refractivity contribution in [2.24, 2.45) is 5.41 Å². The first-order valence-corrected chi connectivity index (χ1v) is 8.28. The molecular formula is C19H23N3O2. The first kappa shape index (κ1) is 16.4. The smallest absolute Gasteiger partial charge is 0.251 e. The number of imidazole rings is 1. The zero-order valence-corrected chi connectivity index (χ0v) is 14.4. The van der Waals surface area contributed by atoms with E-state index in [-0.39, 0.29) is 23.1 Å². The van der Waals surface area contributed by atoms with Crippen LogP contribution in [-0.4, -0.2) is 27.3 Å². The molecule has 1 unspecified atom stereocenters. The highest BCUT2D eigenvalue weighted by Crippen LogP contribution is 2.26. The first-order chi connectivity index (χ1) is 11.4. The third-order valence-electron chi connectivity index (χ3n) is 4.63. The number of carbonyl (C=O) groups is 2. The Labute approximate surface area is 142 Å². The van der Waals surface area contributed by atoms with Gasteiger partial charge in [0.15, 0.2) is 5.78 Å². The summed E-state index contributed by atoms with van der Waals surface area (Å²) in [6, 6.07) is 5.36. The van der Waals surface area contributed by atoms with Crippen LogP contribution in [0.15, 0.2) is 36.9 Å². The van der Waals surface area contributed by atoms with Crippen molar-refractivity contribution in [1.29, 1.82) is 0 Å². The summed E-state index contributed by atoms with van der Waals surface area (Å²) in [4.78, 5) is 28.8. The predicted octanol–water partition coefficient (Wildman–Crippen LogP) is 2.86. The van der Waals surface area contributed by atoms with E-state index in [1.54, 1.807) is 18.6 Å². The number of hydrogen-bond acceptors (Lipinski definition) is 3. The highest BCUT2D eigenvalue weighted by atomic mass is 16.2. The molecule has 0 saturated heterocycles. The number of ketones is 1. The van der Waals surface area contributed by atoms with Gasteiger partial charge in [0.2, 0.25) is 0 Å².